The zero-order chi connectivity index (χ0) is 19.1. The third-order valence-corrected chi connectivity index (χ3v) is 5.27. The molecule has 0 spiro atoms. The Morgan fingerprint density at radius 3 is 1.42 bits per heavy atom. The summed E-state index contributed by atoms with van der Waals surface area (Å²) in [5.41, 5.74) is 0. The van der Waals surface area contributed by atoms with Crippen molar-refractivity contribution >= 4 is 11.4 Å². The van der Waals surface area contributed by atoms with Gasteiger partial charge in [-0.2, -0.15) is 0 Å². The molecule has 0 aromatic heterocycles. The third kappa shape index (κ3) is 24.0. The van der Waals surface area contributed by atoms with E-state index >= 15 is 0 Å². The van der Waals surface area contributed by atoms with Crippen molar-refractivity contribution in [3.05, 3.63) is 0 Å². The molecule has 0 rings (SSSR count). The molecule has 0 saturated heterocycles. The van der Waals surface area contributed by atoms with E-state index in [1.165, 1.54) is 109 Å². The molecule has 0 fully saturated rings. The maximum atomic E-state index is 10.2. The first kappa shape index (κ1) is 26.0. The molecule has 0 bridgehead atoms. The Morgan fingerprint density at radius 2 is 1.04 bits per heavy atom. The molecule has 1 N–H and O–H groups in total. The van der Waals surface area contributed by atoms with Gasteiger partial charge in [0.15, 0.2) is 0 Å². The summed E-state index contributed by atoms with van der Waals surface area (Å²) in [5.74, 6) is 0. The first-order valence-electron chi connectivity index (χ1n) is 11.2. The van der Waals surface area contributed by atoms with E-state index in [2.05, 4.69) is 16.4 Å². The van der Waals surface area contributed by atoms with Crippen LogP contribution in [-0.4, -0.2) is 28.5 Å². The van der Waals surface area contributed by atoms with Crippen molar-refractivity contribution in [1.29, 1.82) is 0 Å². The van der Waals surface area contributed by atoms with Gasteiger partial charge in [0, 0.05) is 6.54 Å². The zero-order valence-corrected chi connectivity index (χ0v) is 18.1. The fourth-order valence-corrected chi connectivity index (χ4v) is 3.50. The number of nitrogens with one attached hydrogen (secondary N) is 1. The number of hydrogen-bond acceptors (Lipinski definition) is 4. The molecule has 0 aliphatic rings. The van der Waals surface area contributed by atoms with Crippen LogP contribution in [0.3, 0.4) is 0 Å². The minimum Gasteiger partial charge on any atom is -0.750 e. The van der Waals surface area contributed by atoms with Crippen molar-refractivity contribution in [2.45, 2.75) is 116 Å². The lowest BCUT2D eigenvalue weighted by Gasteiger charge is -2.07. The quantitative estimate of drug-likeness (QED) is 0.181. The highest BCUT2D eigenvalue weighted by molar-refractivity contribution is 7.74. The van der Waals surface area contributed by atoms with Gasteiger partial charge in [0.2, 0.25) is 0 Å². The van der Waals surface area contributed by atoms with Crippen LogP contribution in [0.4, 0.5) is 0 Å². The largest absolute Gasteiger partial charge is 0.750 e. The van der Waals surface area contributed by atoms with E-state index in [0.29, 0.717) is 6.54 Å². The minimum atomic E-state index is -2.38. The summed E-state index contributed by atoms with van der Waals surface area (Å²) in [4.78, 5) is 0. The lowest BCUT2D eigenvalue weighted by Crippen LogP contribution is -2.21. The first-order valence-corrected chi connectivity index (χ1v) is 12.2. The van der Waals surface area contributed by atoms with Gasteiger partial charge in [-0.05, 0) is 13.0 Å². The van der Waals surface area contributed by atoms with Gasteiger partial charge in [0.1, 0.15) is 0 Å². The first-order chi connectivity index (χ1) is 12.8. The van der Waals surface area contributed by atoms with Gasteiger partial charge in [-0.25, -0.2) is 4.21 Å². The highest BCUT2D eigenvalue weighted by Crippen LogP contribution is 2.13. The van der Waals surface area contributed by atoms with Gasteiger partial charge < -0.3 is 9.87 Å². The second-order valence-electron chi connectivity index (χ2n) is 7.43. The molecule has 0 saturated carbocycles. The molecule has 0 radical (unpaired) electrons. The van der Waals surface area contributed by atoms with Crippen LogP contribution in [0, 0.1) is 0 Å². The normalized spacial score (nSPS) is 12.5. The highest BCUT2D eigenvalue weighted by atomic mass is 32.2. The van der Waals surface area contributed by atoms with Gasteiger partial charge in [0.25, 0.3) is 0 Å². The zero-order valence-electron chi connectivity index (χ0n) is 17.3. The Morgan fingerprint density at radius 1 is 0.654 bits per heavy atom. The Kier molecular flexibility index (Phi) is 23.1. The van der Waals surface area contributed by atoms with Crippen LogP contribution in [0.25, 0.3) is 0 Å². The van der Waals surface area contributed by atoms with E-state index in [4.69, 9.17) is 0 Å². The predicted octanol–water partition coefficient (Wildman–Crippen LogP) is 6.04. The van der Waals surface area contributed by atoms with Crippen LogP contribution in [-0.2, 0) is 15.5 Å². The van der Waals surface area contributed by atoms with Gasteiger partial charge >= 0.3 is 0 Å². The fourth-order valence-electron chi connectivity index (χ4n) is 3.28. The van der Waals surface area contributed by atoms with Crippen LogP contribution in [0.2, 0.25) is 0 Å². The third-order valence-electron chi connectivity index (χ3n) is 4.92. The molecule has 0 aromatic carbocycles. The van der Waals surface area contributed by atoms with Gasteiger partial charge in [0.05, 0.1) is 18.0 Å². The molecule has 0 heterocycles. The Bertz CT molecular complexity index is 290. The van der Waals surface area contributed by atoms with Crippen molar-refractivity contribution < 1.29 is 12.9 Å². The average molecular weight is 391 g/mol. The van der Waals surface area contributed by atoms with E-state index < -0.39 is 11.4 Å². The molecule has 0 aromatic rings. The molecule has 0 aliphatic carbocycles. The van der Waals surface area contributed by atoms with Crippen LogP contribution < -0.4 is 5.32 Å². The monoisotopic (exact) mass is 390 g/mol. The second kappa shape index (κ2) is 23.1. The van der Waals surface area contributed by atoms with Crippen molar-refractivity contribution in [3.8, 4) is 0 Å². The number of hydrogen-bond donors (Lipinski definition) is 1. The summed E-state index contributed by atoms with van der Waals surface area (Å²) in [7, 11) is 0. The smallest absolute Gasteiger partial charge is 0.0842 e. The topological polar surface area (TPSA) is 61.4 Å². The van der Waals surface area contributed by atoms with E-state index in [-0.39, 0.29) is 6.61 Å². The number of rotatable bonds is 22. The summed E-state index contributed by atoms with van der Waals surface area (Å²) in [5, 5.41) is 3.19. The summed E-state index contributed by atoms with van der Waals surface area (Å²) in [6.07, 6.45) is 23.6. The van der Waals surface area contributed by atoms with E-state index in [0.717, 1.165) is 6.54 Å². The summed E-state index contributed by atoms with van der Waals surface area (Å²) in [6.45, 7) is 4.07. The van der Waals surface area contributed by atoms with Crippen LogP contribution in [0.15, 0.2) is 0 Å². The molecule has 0 amide bonds. The maximum absolute atomic E-state index is 10.2. The molecule has 1 unspecified atom stereocenters. The lowest BCUT2D eigenvalue weighted by atomic mass is 10.0. The highest BCUT2D eigenvalue weighted by Gasteiger charge is 1.95. The molecule has 4 nitrogen and oxygen atoms in total. The molecule has 1 atom stereocenters. The van der Waals surface area contributed by atoms with E-state index in [9.17, 15) is 8.76 Å². The van der Waals surface area contributed by atoms with E-state index in [1.807, 2.05) is 0 Å². The number of unbranched alkanes of at least 4 members (excludes halogenated alkanes) is 16. The minimum absolute atomic E-state index is 0.231. The van der Waals surface area contributed by atoms with Crippen LogP contribution in [0.1, 0.15) is 116 Å². The molecule has 26 heavy (non-hydrogen) atoms. The van der Waals surface area contributed by atoms with Gasteiger partial charge in [-0.15, -0.1) is 0 Å². The SMILES string of the molecule is CCCCCCCCCCCCCCCCCCCNCCOS(=O)[O-]. The standard InChI is InChI=1S/C21H45NO3S/c1-2-3-4-5-6-7-8-9-10-11-12-13-14-15-16-17-18-19-22-20-21-25-26(23)24/h22H,2-21H2,1H3,(H,23,24)/p-1. The Balaban J connectivity index is 2.98. The van der Waals surface area contributed by atoms with Crippen molar-refractivity contribution in [1.82, 2.24) is 5.32 Å². The molecular weight excluding hydrogens is 346 g/mol. The molecule has 0 aliphatic heterocycles. The predicted molar refractivity (Wildman–Crippen MR) is 112 cm³/mol. The summed E-state index contributed by atoms with van der Waals surface area (Å²) >= 11 is -2.38. The second-order valence-corrected chi connectivity index (χ2v) is 8.08. The van der Waals surface area contributed by atoms with Crippen molar-refractivity contribution in [3.63, 3.8) is 0 Å². The fraction of sp³-hybridized carbons (Fsp3) is 1.00. The molecule has 158 valence electrons. The summed E-state index contributed by atoms with van der Waals surface area (Å²) in [6, 6.07) is 0. The van der Waals surface area contributed by atoms with E-state index in [1.54, 1.807) is 0 Å². The van der Waals surface area contributed by atoms with Gasteiger partial charge in [-0.3, -0.25) is 4.18 Å². The van der Waals surface area contributed by atoms with Gasteiger partial charge in [-0.1, -0.05) is 110 Å². The van der Waals surface area contributed by atoms with Crippen LogP contribution >= 0.6 is 0 Å². The Labute approximate surface area is 165 Å². The summed E-state index contributed by atoms with van der Waals surface area (Å²) < 4.78 is 24.7. The molecule has 5 heteroatoms. The van der Waals surface area contributed by atoms with Crippen molar-refractivity contribution in [2.75, 3.05) is 19.7 Å². The average Bonchev–Trinajstić information content (AvgIpc) is 2.62. The molecular formula is C21H44NO3S-. The van der Waals surface area contributed by atoms with Crippen LogP contribution in [0.5, 0.6) is 0 Å². The van der Waals surface area contributed by atoms with Crippen molar-refractivity contribution in [2.24, 2.45) is 0 Å². The Hall–Kier alpha value is 0.0300. The lowest BCUT2D eigenvalue weighted by molar-refractivity contribution is 0.298. The maximum Gasteiger partial charge on any atom is 0.0842 e.